The van der Waals surface area contributed by atoms with Crippen molar-refractivity contribution in [3.8, 4) is 0 Å². The minimum absolute atomic E-state index is 0.0109. The van der Waals surface area contributed by atoms with Crippen molar-refractivity contribution >= 4 is 23.6 Å². The summed E-state index contributed by atoms with van der Waals surface area (Å²) < 4.78 is 0. The molecule has 21 heavy (non-hydrogen) atoms. The van der Waals surface area contributed by atoms with Gasteiger partial charge in [-0.1, -0.05) is 11.6 Å². The highest BCUT2D eigenvalue weighted by atomic mass is 16.5. The molecule has 0 aliphatic carbocycles. The number of benzene rings is 1. The zero-order chi connectivity index (χ0) is 15.3. The molecule has 2 heterocycles. The van der Waals surface area contributed by atoms with Crippen LogP contribution in [0.4, 0.5) is 0 Å². The molecule has 0 radical (unpaired) electrons. The number of hydrogen-bond donors (Lipinski definition) is 1. The number of piperidine rings is 1. The summed E-state index contributed by atoms with van der Waals surface area (Å²) in [6.07, 6.45) is -0.0709. The fraction of sp³-hybridized carbons (Fsp3) is 0.286. The number of aryl methyl sites for hydroxylation is 1. The quantitative estimate of drug-likeness (QED) is 0.599. The van der Waals surface area contributed by atoms with Crippen LogP contribution in [0.5, 0.6) is 0 Å². The van der Waals surface area contributed by atoms with E-state index in [0.717, 1.165) is 10.5 Å². The van der Waals surface area contributed by atoms with Crippen molar-refractivity contribution in [2.75, 3.05) is 0 Å². The molecule has 1 atom stereocenters. The van der Waals surface area contributed by atoms with Crippen LogP contribution in [-0.2, 0) is 9.59 Å². The Balaban J connectivity index is 1.98. The number of nitrogens with zero attached hydrogens (tertiary/aromatic N) is 2. The second-order valence-electron chi connectivity index (χ2n) is 5.13. The summed E-state index contributed by atoms with van der Waals surface area (Å²) in [4.78, 5) is 48.7. The first-order valence-corrected chi connectivity index (χ1v) is 6.46. The van der Waals surface area contributed by atoms with Gasteiger partial charge in [0.2, 0.25) is 0 Å². The van der Waals surface area contributed by atoms with Crippen LogP contribution in [0.2, 0.25) is 0 Å². The van der Waals surface area contributed by atoms with Crippen LogP contribution in [0.3, 0.4) is 0 Å². The standard InChI is InChI=1S/C14H12N2O5/c1-7-2-3-8-9(6-7)13(19)15(12(8)18)10-4-5-11(17)16(21)14(10)20/h2-3,6,10,21H,4-5H2,1H3. The molecule has 0 bridgehead atoms. The van der Waals surface area contributed by atoms with Gasteiger partial charge in [-0.25, -0.2) is 0 Å². The molecule has 0 spiro atoms. The van der Waals surface area contributed by atoms with Gasteiger partial charge in [0, 0.05) is 6.42 Å². The summed E-state index contributed by atoms with van der Waals surface area (Å²) in [7, 11) is 0. The highest BCUT2D eigenvalue weighted by molar-refractivity contribution is 6.23. The average Bonchev–Trinajstić information content (AvgIpc) is 2.69. The summed E-state index contributed by atoms with van der Waals surface area (Å²) in [6.45, 7) is 1.79. The van der Waals surface area contributed by atoms with Gasteiger partial charge >= 0.3 is 0 Å². The zero-order valence-electron chi connectivity index (χ0n) is 11.2. The highest BCUT2D eigenvalue weighted by Gasteiger charge is 2.46. The molecule has 2 aliphatic heterocycles. The molecule has 4 amide bonds. The van der Waals surface area contributed by atoms with Crippen LogP contribution in [0.1, 0.15) is 39.1 Å². The molecule has 7 nitrogen and oxygen atoms in total. The van der Waals surface area contributed by atoms with E-state index < -0.39 is 29.7 Å². The van der Waals surface area contributed by atoms with Gasteiger partial charge in [-0.15, -0.1) is 0 Å². The molecular weight excluding hydrogens is 276 g/mol. The molecule has 1 aromatic rings. The van der Waals surface area contributed by atoms with E-state index in [0.29, 0.717) is 0 Å². The first-order chi connectivity index (χ1) is 9.91. The maximum atomic E-state index is 12.4. The Bertz CT molecular complexity index is 697. The second-order valence-corrected chi connectivity index (χ2v) is 5.13. The van der Waals surface area contributed by atoms with Gasteiger partial charge in [-0.3, -0.25) is 29.3 Å². The fourth-order valence-electron chi connectivity index (χ4n) is 2.65. The predicted octanol–water partition coefficient (Wildman–Crippen LogP) is 0.498. The molecule has 2 aliphatic rings. The van der Waals surface area contributed by atoms with Crippen LogP contribution >= 0.6 is 0 Å². The molecule has 0 aromatic heterocycles. The van der Waals surface area contributed by atoms with E-state index in [4.69, 9.17) is 0 Å². The lowest BCUT2D eigenvalue weighted by atomic mass is 10.0. The molecule has 0 saturated carbocycles. The van der Waals surface area contributed by atoms with Gasteiger partial charge in [0.15, 0.2) is 0 Å². The van der Waals surface area contributed by atoms with Gasteiger partial charge in [-0.2, -0.15) is 5.06 Å². The Labute approximate surface area is 119 Å². The largest absolute Gasteiger partial charge is 0.278 e. The van der Waals surface area contributed by atoms with E-state index in [2.05, 4.69) is 0 Å². The third-order valence-electron chi connectivity index (χ3n) is 3.75. The van der Waals surface area contributed by atoms with Crippen LogP contribution in [0, 0.1) is 6.92 Å². The number of hydrogen-bond acceptors (Lipinski definition) is 5. The molecular formula is C14H12N2O5. The molecule has 7 heteroatoms. The first kappa shape index (κ1) is 13.4. The Kier molecular flexibility index (Phi) is 2.87. The van der Waals surface area contributed by atoms with E-state index >= 15 is 0 Å². The number of imide groups is 2. The van der Waals surface area contributed by atoms with Crippen molar-refractivity contribution in [1.82, 2.24) is 9.96 Å². The van der Waals surface area contributed by atoms with Crippen LogP contribution in [0.25, 0.3) is 0 Å². The van der Waals surface area contributed by atoms with Gasteiger partial charge in [-0.05, 0) is 25.5 Å². The Morgan fingerprint density at radius 1 is 1.10 bits per heavy atom. The molecule has 1 saturated heterocycles. The fourth-order valence-corrected chi connectivity index (χ4v) is 2.65. The van der Waals surface area contributed by atoms with E-state index in [9.17, 15) is 24.4 Å². The molecule has 108 valence electrons. The number of carbonyl (C=O) groups excluding carboxylic acids is 4. The average molecular weight is 288 g/mol. The van der Waals surface area contributed by atoms with Crippen molar-refractivity contribution in [3.05, 3.63) is 34.9 Å². The maximum absolute atomic E-state index is 12.4. The Morgan fingerprint density at radius 3 is 2.48 bits per heavy atom. The Morgan fingerprint density at radius 2 is 1.76 bits per heavy atom. The van der Waals surface area contributed by atoms with Crippen molar-refractivity contribution in [2.45, 2.75) is 25.8 Å². The number of rotatable bonds is 1. The van der Waals surface area contributed by atoms with Gasteiger partial charge in [0.25, 0.3) is 23.6 Å². The second kappa shape index (κ2) is 4.49. The number of hydroxylamine groups is 2. The number of amides is 4. The number of carbonyl (C=O) groups is 4. The van der Waals surface area contributed by atoms with Crippen LogP contribution in [0.15, 0.2) is 18.2 Å². The third kappa shape index (κ3) is 1.85. The monoisotopic (exact) mass is 288 g/mol. The van der Waals surface area contributed by atoms with Crippen molar-refractivity contribution in [1.29, 1.82) is 0 Å². The molecule has 1 unspecified atom stereocenters. The maximum Gasteiger partial charge on any atom is 0.276 e. The lowest BCUT2D eigenvalue weighted by Crippen LogP contribution is -2.55. The van der Waals surface area contributed by atoms with E-state index in [1.54, 1.807) is 25.1 Å². The third-order valence-corrected chi connectivity index (χ3v) is 3.75. The molecule has 3 rings (SSSR count). The van der Waals surface area contributed by atoms with Gasteiger partial charge in [0.1, 0.15) is 6.04 Å². The summed E-state index contributed by atoms with van der Waals surface area (Å²) in [5.74, 6) is -2.82. The minimum Gasteiger partial charge on any atom is -0.278 e. The normalized spacial score (nSPS) is 22.1. The summed E-state index contributed by atoms with van der Waals surface area (Å²) in [6, 6.07) is 3.70. The number of fused-ring (bicyclic) bond motifs is 1. The van der Waals surface area contributed by atoms with Gasteiger partial charge in [0.05, 0.1) is 11.1 Å². The lowest BCUT2D eigenvalue weighted by molar-refractivity contribution is -0.186. The molecule has 1 N–H and O–H groups in total. The van der Waals surface area contributed by atoms with Crippen molar-refractivity contribution < 1.29 is 24.4 Å². The Hall–Kier alpha value is -2.54. The van der Waals surface area contributed by atoms with Crippen molar-refractivity contribution in [3.63, 3.8) is 0 Å². The van der Waals surface area contributed by atoms with E-state index in [1.165, 1.54) is 0 Å². The SMILES string of the molecule is Cc1ccc2c(c1)C(=O)N(C1CCC(=O)N(O)C1=O)C2=O. The lowest BCUT2D eigenvalue weighted by Gasteiger charge is -2.30. The summed E-state index contributed by atoms with van der Waals surface area (Å²) in [5.41, 5.74) is 1.31. The summed E-state index contributed by atoms with van der Waals surface area (Å²) >= 11 is 0. The van der Waals surface area contributed by atoms with E-state index in [-0.39, 0.29) is 29.0 Å². The first-order valence-electron chi connectivity index (χ1n) is 6.46. The predicted molar refractivity (Wildman–Crippen MR) is 68.3 cm³/mol. The van der Waals surface area contributed by atoms with Crippen LogP contribution < -0.4 is 0 Å². The minimum atomic E-state index is -1.14. The van der Waals surface area contributed by atoms with Crippen LogP contribution in [-0.4, -0.2) is 44.8 Å². The molecule has 1 fully saturated rings. The van der Waals surface area contributed by atoms with E-state index in [1.807, 2.05) is 0 Å². The molecule has 1 aromatic carbocycles. The highest BCUT2D eigenvalue weighted by Crippen LogP contribution is 2.29. The van der Waals surface area contributed by atoms with Gasteiger partial charge < -0.3 is 0 Å². The topological polar surface area (TPSA) is 95.0 Å². The van der Waals surface area contributed by atoms with Crippen molar-refractivity contribution in [2.24, 2.45) is 0 Å². The smallest absolute Gasteiger partial charge is 0.276 e. The zero-order valence-corrected chi connectivity index (χ0v) is 11.2. The summed E-state index contributed by atoms with van der Waals surface area (Å²) in [5, 5.41) is 9.38.